The molecule has 3 heterocycles. The number of hydrogen-bond donors (Lipinski definition) is 3. The molecule has 1 saturated heterocycles. The van der Waals surface area contributed by atoms with E-state index in [9.17, 15) is 15.0 Å². The monoisotopic (exact) mass is 308 g/mol. The van der Waals surface area contributed by atoms with E-state index in [0.29, 0.717) is 11.2 Å². The molecule has 8 heteroatoms. The second-order valence-corrected chi connectivity index (χ2v) is 5.95. The predicted octanol–water partition coefficient (Wildman–Crippen LogP) is 0.658. The molecule has 21 heavy (non-hydrogen) atoms. The van der Waals surface area contributed by atoms with Crippen molar-refractivity contribution < 1.29 is 15.0 Å². The zero-order valence-electron chi connectivity index (χ0n) is 11.5. The van der Waals surface area contributed by atoms with Crippen molar-refractivity contribution in [3.63, 3.8) is 0 Å². The van der Waals surface area contributed by atoms with Crippen LogP contribution in [0.2, 0.25) is 0 Å². The molecule has 7 nitrogen and oxygen atoms in total. The van der Waals surface area contributed by atoms with Crippen LogP contribution in [0.5, 0.6) is 11.5 Å². The molecular formula is C13H16N4O3S. The van der Waals surface area contributed by atoms with E-state index in [1.165, 1.54) is 17.6 Å². The second-order valence-electron chi connectivity index (χ2n) is 4.73. The Morgan fingerprint density at radius 3 is 2.76 bits per heavy atom. The van der Waals surface area contributed by atoms with Gasteiger partial charge in [0.1, 0.15) is 5.69 Å². The van der Waals surface area contributed by atoms with Gasteiger partial charge in [0.25, 0.3) is 5.91 Å². The van der Waals surface area contributed by atoms with E-state index in [4.69, 9.17) is 0 Å². The van der Waals surface area contributed by atoms with Gasteiger partial charge < -0.3 is 20.4 Å². The predicted molar refractivity (Wildman–Crippen MR) is 81.4 cm³/mol. The molecule has 2 aromatic heterocycles. The molecule has 3 rings (SSSR count). The maximum absolute atomic E-state index is 11.8. The summed E-state index contributed by atoms with van der Waals surface area (Å²) in [5.41, 5.74) is 1.13. The zero-order valence-corrected chi connectivity index (χ0v) is 12.4. The van der Waals surface area contributed by atoms with Gasteiger partial charge in [0, 0.05) is 31.6 Å². The minimum absolute atomic E-state index is 0.169. The van der Waals surface area contributed by atoms with Gasteiger partial charge in [-0.1, -0.05) is 0 Å². The van der Waals surface area contributed by atoms with Crippen molar-refractivity contribution in [2.45, 2.75) is 0 Å². The fraction of sp³-hybridized carbons (Fsp3) is 0.385. The minimum atomic E-state index is -0.347. The maximum Gasteiger partial charge on any atom is 0.287 e. The normalized spacial score (nSPS) is 15.4. The molecule has 0 bridgehead atoms. The number of fused-ring (bicyclic) bond motifs is 1. The van der Waals surface area contributed by atoms with Crippen LogP contribution in [-0.4, -0.2) is 57.1 Å². The lowest BCUT2D eigenvalue weighted by molar-refractivity contribution is 0.0952. The number of hydrogen-bond acceptors (Lipinski definition) is 6. The Hall–Kier alpha value is -2.09. The van der Waals surface area contributed by atoms with E-state index in [-0.39, 0.29) is 23.2 Å². The lowest BCUT2D eigenvalue weighted by Gasteiger charge is -2.29. The average molecular weight is 308 g/mol. The van der Waals surface area contributed by atoms with E-state index in [1.807, 2.05) is 16.7 Å². The van der Waals surface area contributed by atoms with Crippen LogP contribution >= 0.6 is 11.8 Å². The SMILES string of the molecule is CNC(=O)c1ncc2c(N3CCSCC3)c(O)c(O)cn12. The van der Waals surface area contributed by atoms with E-state index < -0.39 is 0 Å². The molecule has 3 N–H and O–H groups in total. The van der Waals surface area contributed by atoms with Gasteiger partial charge in [-0.15, -0.1) is 0 Å². The Labute approximate surface area is 125 Å². The summed E-state index contributed by atoms with van der Waals surface area (Å²) in [6.07, 6.45) is 2.85. The molecule has 0 atom stereocenters. The Bertz CT molecular complexity index is 694. The molecule has 1 aliphatic rings. The topological polar surface area (TPSA) is 90.1 Å². The summed E-state index contributed by atoms with van der Waals surface area (Å²) in [5.74, 6) is 1.31. The Balaban J connectivity index is 2.20. The Kier molecular flexibility index (Phi) is 3.54. The molecule has 1 fully saturated rings. The first-order chi connectivity index (χ1) is 10.1. The fourth-order valence-corrected chi connectivity index (χ4v) is 3.37. The van der Waals surface area contributed by atoms with Crippen molar-refractivity contribution in [2.75, 3.05) is 36.5 Å². The van der Waals surface area contributed by atoms with Crippen LogP contribution in [0.4, 0.5) is 5.69 Å². The first-order valence-corrected chi connectivity index (χ1v) is 7.75. The van der Waals surface area contributed by atoms with Crippen molar-refractivity contribution in [1.82, 2.24) is 14.7 Å². The molecule has 0 unspecified atom stereocenters. The highest BCUT2D eigenvalue weighted by molar-refractivity contribution is 7.99. The summed E-state index contributed by atoms with van der Waals surface area (Å²) in [5, 5.41) is 22.7. The van der Waals surface area contributed by atoms with Crippen molar-refractivity contribution in [3.05, 3.63) is 18.2 Å². The minimum Gasteiger partial charge on any atom is -0.503 e. The van der Waals surface area contributed by atoms with Crippen LogP contribution < -0.4 is 10.2 Å². The van der Waals surface area contributed by atoms with E-state index in [1.54, 1.807) is 6.20 Å². The molecule has 0 aromatic carbocycles. The van der Waals surface area contributed by atoms with Gasteiger partial charge in [-0.25, -0.2) is 4.98 Å². The van der Waals surface area contributed by atoms with Gasteiger partial charge >= 0.3 is 0 Å². The van der Waals surface area contributed by atoms with Gasteiger partial charge in [0.2, 0.25) is 5.82 Å². The Morgan fingerprint density at radius 2 is 2.10 bits per heavy atom. The highest BCUT2D eigenvalue weighted by Gasteiger charge is 2.23. The smallest absolute Gasteiger partial charge is 0.287 e. The van der Waals surface area contributed by atoms with Crippen molar-refractivity contribution in [3.8, 4) is 11.5 Å². The van der Waals surface area contributed by atoms with Crippen LogP contribution in [0.25, 0.3) is 5.52 Å². The summed E-state index contributed by atoms with van der Waals surface area (Å²) < 4.78 is 1.50. The summed E-state index contributed by atoms with van der Waals surface area (Å²) in [6.45, 7) is 1.55. The van der Waals surface area contributed by atoms with Crippen LogP contribution in [0.15, 0.2) is 12.4 Å². The molecule has 2 aromatic rings. The van der Waals surface area contributed by atoms with E-state index in [0.717, 1.165) is 24.6 Å². The lowest BCUT2D eigenvalue weighted by atomic mass is 10.2. The van der Waals surface area contributed by atoms with Crippen molar-refractivity contribution in [2.24, 2.45) is 0 Å². The first kappa shape index (κ1) is 13.9. The largest absolute Gasteiger partial charge is 0.503 e. The molecule has 112 valence electrons. The number of amides is 1. The number of rotatable bonds is 2. The van der Waals surface area contributed by atoms with Crippen molar-refractivity contribution in [1.29, 1.82) is 0 Å². The zero-order chi connectivity index (χ0) is 15.0. The first-order valence-electron chi connectivity index (χ1n) is 6.60. The molecule has 1 aliphatic heterocycles. The molecule has 0 radical (unpaired) electrons. The summed E-state index contributed by atoms with van der Waals surface area (Å²) in [4.78, 5) is 17.9. The number of thioether (sulfide) groups is 1. The highest BCUT2D eigenvalue weighted by Crippen LogP contribution is 2.40. The maximum atomic E-state index is 11.8. The standard InChI is InChI=1S/C13H16N4O3S/c1-14-13(20)12-15-6-8-10(16-2-4-21-5-3-16)11(19)9(18)7-17(8)12/h6-7,18-19H,2-5H2,1H3,(H,14,20). The van der Waals surface area contributed by atoms with Gasteiger partial charge in [-0.05, 0) is 0 Å². The van der Waals surface area contributed by atoms with Crippen LogP contribution in [0.1, 0.15) is 10.6 Å². The van der Waals surface area contributed by atoms with Crippen LogP contribution in [-0.2, 0) is 0 Å². The fourth-order valence-electron chi connectivity index (χ4n) is 2.47. The van der Waals surface area contributed by atoms with Gasteiger partial charge in [-0.2, -0.15) is 11.8 Å². The molecule has 0 spiro atoms. The third-order valence-electron chi connectivity index (χ3n) is 3.52. The number of anilines is 1. The third-order valence-corrected chi connectivity index (χ3v) is 4.46. The van der Waals surface area contributed by atoms with Gasteiger partial charge in [-0.3, -0.25) is 9.20 Å². The molecule has 1 amide bonds. The number of imidazole rings is 1. The summed E-state index contributed by atoms with van der Waals surface area (Å²) in [6, 6.07) is 0. The number of nitrogens with zero attached hydrogens (tertiary/aromatic N) is 3. The number of carbonyl (C=O) groups excluding carboxylic acids is 1. The average Bonchev–Trinajstić information content (AvgIpc) is 2.91. The molecule has 0 saturated carbocycles. The van der Waals surface area contributed by atoms with E-state index in [2.05, 4.69) is 10.3 Å². The molecule has 0 aliphatic carbocycles. The number of pyridine rings is 1. The van der Waals surface area contributed by atoms with Crippen LogP contribution in [0, 0.1) is 0 Å². The third kappa shape index (κ3) is 2.25. The second kappa shape index (κ2) is 5.36. The number of carbonyl (C=O) groups is 1. The van der Waals surface area contributed by atoms with Crippen LogP contribution in [0.3, 0.4) is 0 Å². The summed E-state index contributed by atoms with van der Waals surface area (Å²) in [7, 11) is 1.52. The highest BCUT2D eigenvalue weighted by atomic mass is 32.2. The van der Waals surface area contributed by atoms with Gasteiger partial charge in [0.05, 0.1) is 17.9 Å². The number of aromatic hydroxyl groups is 2. The Morgan fingerprint density at radius 1 is 1.38 bits per heavy atom. The van der Waals surface area contributed by atoms with Gasteiger partial charge in [0.15, 0.2) is 11.5 Å². The number of aromatic nitrogens is 2. The quantitative estimate of drug-likeness (QED) is 0.755. The molecular weight excluding hydrogens is 292 g/mol. The van der Waals surface area contributed by atoms with Crippen molar-refractivity contribution >= 4 is 28.9 Å². The lowest BCUT2D eigenvalue weighted by Crippen LogP contribution is -2.32. The van der Waals surface area contributed by atoms with E-state index >= 15 is 0 Å². The number of nitrogens with one attached hydrogen (secondary N) is 1. The summed E-state index contributed by atoms with van der Waals surface area (Å²) >= 11 is 1.85.